The first-order valence-electron chi connectivity index (χ1n) is 15.9. The number of alkyl halides is 3. The van der Waals surface area contributed by atoms with E-state index >= 15 is 0 Å². The van der Waals surface area contributed by atoms with E-state index in [1.165, 1.54) is 11.8 Å². The summed E-state index contributed by atoms with van der Waals surface area (Å²) in [6, 6.07) is 9.34. The number of likely N-dealkylation sites (N-methyl/N-ethyl adjacent to an activating group) is 1. The minimum absolute atomic E-state index is 0.0293. The summed E-state index contributed by atoms with van der Waals surface area (Å²) in [5, 5.41) is 7.32. The molecule has 2 fully saturated rings. The van der Waals surface area contributed by atoms with Gasteiger partial charge in [-0.3, -0.25) is 4.90 Å². The maximum absolute atomic E-state index is 14.7. The summed E-state index contributed by atoms with van der Waals surface area (Å²) < 4.78 is 55.7. The quantitative estimate of drug-likeness (QED) is 0.364. The Kier molecular flexibility index (Phi) is 13.0. The fraction of sp³-hybridized carbons (Fsp3) is 0.636. The zero-order valence-corrected chi connectivity index (χ0v) is 28.1. The van der Waals surface area contributed by atoms with Crippen LogP contribution in [0.3, 0.4) is 0 Å². The summed E-state index contributed by atoms with van der Waals surface area (Å²) in [6.07, 6.45) is -2.91. The second-order valence-electron chi connectivity index (χ2n) is 12.3. The molecule has 1 aromatic heterocycles. The Morgan fingerprint density at radius 3 is 2.22 bits per heavy atom. The van der Waals surface area contributed by atoms with Gasteiger partial charge in [-0.2, -0.15) is 28.4 Å². The Balaban J connectivity index is 0.00000109. The van der Waals surface area contributed by atoms with E-state index in [1.807, 2.05) is 56.1 Å². The predicted molar refractivity (Wildman–Crippen MR) is 170 cm³/mol. The highest BCUT2D eigenvalue weighted by Crippen LogP contribution is 2.48. The molecule has 0 bridgehead atoms. The molecule has 13 heteroatoms. The van der Waals surface area contributed by atoms with Crippen molar-refractivity contribution in [3.63, 3.8) is 0 Å². The molecule has 3 aliphatic heterocycles. The summed E-state index contributed by atoms with van der Waals surface area (Å²) in [6.45, 7) is 13.6. The molecule has 0 radical (unpaired) electrons. The standard InChI is InChI=1S/C29H39F3N6O3.C2H3N.C2H6/c1-28(2,3)41-27(39)37-15-13-36(14-16-37)25-23-22(33-26(34-25)40-19-21-11-8-12-35(21)4)18-38(24(23)29(30,31)32)17-20-9-6-5-7-10-20;1-2-3;1-2/h5-7,9-10,21,24H,8,11-19H2,1-4H3;1H3;1-2H3/t21-,24?;;/m0../s1. The summed E-state index contributed by atoms with van der Waals surface area (Å²) in [5.41, 5.74) is 0.557. The van der Waals surface area contributed by atoms with Crippen molar-refractivity contribution in [1.82, 2.24) is 24.7 Å². The number of amides is 1. The van der Waals surface area contributed by atoms with Crippen molar-refractivity contribution in [3.8, 4) is 12.1 Å². The van der Waals surface area contributed by atoms with Crippen LogP contribution >= 0.6 is 0 Å². The number of hydrogen-bond acceptors (Lipinski definition) is 9. The number of likely N-dealkylation sites (tertiary alicyclic amines) is 1. The number of halogens is 3. The number of aromatic nitrogens is 2. The van der Waals surface area contributed by atoms with Crippen LogP contribution in [-0.4, -0.2) is 95.0 Å². The summed E-state index contributed by atoms with van der Waals surface area (Å²) >= 11 is 0. The third-order valence-corrected chi connectivity index (χ3v) is 7.82. The van der Waals surface area contributed by atoms with Gasteiger partial charge in [0.2, 0.25) is 0 Å². The number of carbonyl (C=O) groups is 1. The predicted octanol–water partition coefficient (Wildman–Crippen LogP) is 6.18. The van der Waals surface area contributed by atoms with Crippen LogP contribution in [0.2, 0.25) is 0 Å². The molecule has 0 spiro atoms. The maximum atomic E-state index is 14.7. The molecule has 5 rings (SSSR count). The summed E-state index contributed by atoms with van der Waals surface area (Å²) in [5.74, 6) is 0.228. The zero-order chi connectivity index (χ0) is 34.1. The van der Waals surface area contributed by atoms with Gasteiger partial charge in [-0.15, -0.1) is 0 Å². The van der Waals surface area contributed by atoms with Gasteiger partial charge in [-0.05, 0) is 52.8 Å². The molecule has 0 aliphatic carbocycles. The topological polar surface area (TPSA) is 98.1 Å². The van der Waals surface area contributed by atoms with Crippen LogP contribution in [0, 0.1) is 11.3 Å². The molecule has 46 heavy (non-hydrogen) atoms. The first-order chi connectivity index (χ1) is 21.8. The highest BCUT2D eigenvalue weighted by Gasteiger charge is 2.52. The van der Waals surface area contributed by atoms with E-state index in [1.54, 1.807) is 31.7 Å². The van der Waals surface area contributed by atoms with Gasteiger partial charge in [0.25, 0.3) is 0 Å². The van der Waals surface area contributed by atoms with Crippen molar-refractivity contribution < 1.29 is 27.4 Å². The van der Waals surface area contributed by atoms with Crippen molar-refractivity contribution in [2.45, 2.75) is 91.3 Å². The van der Waals surface area contributed by atoms with Crippen LogP contribution in [-0.2, 0) is 17.8 Å². The molecular formula is C33H48F3N7O3. The Bertz CT molecular complexity index is 1310. The Labute approximate surface area is 271 Å². The molecule has 2 atom stereocenters. The third-order valence-electron chi connectivity index (χ3n) is 7.82. The van der Waals surface area contributed by atoms with E-state index in [-0.39, 0.29) is 36.5 Å². The van der Waals surface area contributed by atoms with Crippen molar-refractivity contribution in [2.75, 3.05) is 51.3 Å². The van der Waals surface area contributed by atoms with E-state index in [4.69, 9.17) is 14.7 Å². The van der Waals surface area contributed by atoms with Gasteiger partial charge in [-0.25, -0.2) is 4.79 Å². The maximum Gasteiger partial charge on any atom is 0.410 e. The molecule has 4 heterocycles. The van der Waals surface area contributed by atoms with E-state index < -0.39 is 23.9 Å². The van der Waals surface area contributed by atoms with E-state index in [0.29, 0.717) is 38.5 Å². The molecule has 1 amide bonds. The Morgan fingerprint density at radius 1 is 1.04 bits per heavy atom. The van der Waals surface area contributed by atoms with Crippen LogP contribution in [0.1, 0.15) is 77.2 Å². The lowest BCUT2D eigenvalue weighted by Crippen LogP contribution is -2.50. The Morgan fingerprint density at radius 2 is 1.67 bits per heavy atom. The van der Waals surface area contributed by atoms with E-state index in [2.05, 4.69) is 14.9 Å². The number of rotatable bonds is 6. The summed E-state index contributed by atoms with van der Waals surface area (Å²) in [7, 11) is 2.04. The van der Waals surface area contributed by atoms with E-state index in [9.17, 15) is 18.0 Å². The SMILES string of the molecule is CC.CC#N.CN1CCC[C@H]1COc1nc2c(c(N3CCN(C(=O)OC(C)(C)C)CC3)n1)C(C(F)(F)F)N(Cc1ccccc1)C2. The number of carbonyl (C=O) groups excluding carboxylic acids is 1. The second kappa shape index (κ2) is 16.3. The van der Waals surface area contributed by atoms with Crippen LogP contribution in [0.5, 0.6) is 6.01 Å². The van der Waals surface area contributed by atoms with Crippen LogP contribution < -0.4 is 9.64 Å². The zero-order valence-electron chi connectivity index (χ0n) is 28.1. The fourth-order valence-electron chi connectivity index (χ4n) is 5.78. The average Bonchev–Trinajstić information content (AvgIpc) is 3.59. The number of benzene rings is 1. The van der Waals surface area contributed by atoms with E-state index in [0.717, 1.165) is 24.9 Å². The molecule has 1 unspecified atom stereocenters. The first-order valence-corrected chi connectivity index (χ1v) is 15.9. The number of fused-ring (bicyclic) bond motifs is 1. The number of hydrogen-bond donors (Lipinski definition) is 0. The van der Waals surface area contributed by atoms with Crippen LogP contribution in [0.25, 0.3) is 0 Å². The lowest BCUT2D eigenvalue weighted by Gasteiger charge is -2.37. The number of nitriles is 1. The average molecular weight is 648 g/mol. The monoisotopic (exact) mass is 647 g/mol. The van der Waals surface area contributed by atoms with Gasteiger partial charge in [0.15, 0.2) is 0 Å². The molecule has 0 saturated carbocycles. The highest BCUT2D eigenvalue weighted by atomic mass is 19.4. The molecule has 254 valence electrons. The number of nitrogens with zero attached hydrogens (tertiary/aromatic N) is 7. The normalized spacial score (nSPS) is 20.1. The highest BCUT2D eigenvalue weighted by molar-refractivity contribution is 5.68. The van der Waals surface area contributed by atoms with Crippen molar-refractivity contribution >= 4 is 11.9 Å². The number of ether oxygens (including phenoxy) is 2. The lowest BCUT2D eigenvalue weighted by atomic mass is 10.1. The largest absolute Gasteiger partial charge is 0.462 e. The minimum Gasteiger partial charge on any atom is -0.462 e. The van der Waals surface area contributed by atoms with Gasteiger partial charge in [-0.1, -0.05) is 44.2 Å². The van der Waals surface area contributed by atoms with Crippen LogP contribution in [0.15, 0.2) is 30.3 Å². The molecule has 2 aromatic rings. The van der Waals surface area contributed by atoms with Gasteiger partial charge in [0.05, 0.1) is 11.8 Å². The lowest BCUT2D eigenvalue weighted by molar-refractivity contribution is -0.185. The fourth-order valence-corrected chi connectivity index (χ4v) is 5.78. The number of piperazine rings is 1. The third kappa shape index (κ3) is 9.69. The minimum atomic E-state index is -4.54. The Hall–Kier alpha value is -3.63. The molecule has 1 aromatic carbocycles. The number of anilines is 1. The second-order valence-corrected chi connectivity index (χ2v) is 12.3. The molecular weight excluding hydrogens is 599 g/mol. The van der Waals surface area contributed by atoms with Gasteiger partial charge in [0.1, 0.15) is 24.1 Å². The van der Waals surface area contributed by atoms with Crippen LogP contribution in [0.4, 0.5) is 23.8 Å². The smallest absolute Gasteiger partial charge is 0.410 e. The molecule has 3 aliphatic rings. The van der Waals surface area contributed by atoms with Gasteiger partial charge >= 0.3 is 18.3 Å². The summed E-state index contributed by atoms with van der Waals surface area (Å²) in [4.78, 5) is 28.8. The first kappa shape index (κ1) is 36.8. The van der Waals surface area contributed by atoms with Crippen molar-refractivity contribution in [2.24, 2.45) is 0 Å². The molecule has 0 N–H and O–H groups in total. The molecule has 10 nitrogen and oxygen atoms in total. The van der Waals surface area contributed by atoms with Gasteiger partial charge in [0, 0.05) is 57.8 Å². The van der Waals surface area contributed by atoms with Crippen molar-refractivity contribution in [1.29, 1.82) is 5.26 Å². The molecule has 2 saturated heterocycles. The van der Waals surface area contributed by atoms with Crippen molar-refractivity contribution in [3.05, 3.63) is 47.2 Å². The van der Waals surface area contributed by atoms with Gasteiger partial charge < -0.3 is 24.2 Å².